The van der Waals surface area contributed by atoms with Crippen LogP contribution in [0.25, 0.3) is 0 Å². The van der Waals surface area contributed by atoms with Gasteiger partial charge in [-0.15, -0.1) is 0 Å². The van der Waals surface area contributed by atoms with Gasteiger partial charge in [0.25, 0.3) is 0 Å². The fourth-order valence-corrected chi connectivity index (χ4v) is 1.78. The largest absolute Gasteiger partial charge is 0.368 e. The number of imidazole rings is 1. The van der Waals surface area contributed by atoms with Gasteiger partial charge in [0.1, 0.15) is 5.82 Å². The quantitative estimate of drug-likeness (QED) is 0.866. The number of nitrogen functional groups attached to an aromatic ring is 1. The van der Waals surface area contributed by atoms with Crippen LogP contribution < -0.4 is 5.73 Å². The Bertz CT molecular complexity index is 577. The Morgan fingerprint density at radius 3 is 2.88 bits per heavy atom. The van der Waals surface area contributed by atoms with Gasteiger partial charge in [0.05, 0.1) is 18.1 Å². The summed E-state index contributed by atoms with van der Waals surface area (Å²) in [4.78, 5) is 4.02. The molecule has 2 N–H and O–H groups in total. The van der Waals surface area contributed by atoms with Crippen molar-refractivity contribution in [1.82, 2.24) is 9.66 Å². The number of benzene rings is 1. The first-order chi connectivity index (χ1) is 8.06. The first-order valence-electron chi connectivity index (χ1n) is 4.87. The number of hydrogen-bond donors (Lipinski definition) is 1. The summed E-state index contributed by atoms with van der Waals surface area (Å²) in [6, 6.07) is 4.38. The lowest BCUT2D eigenvalue weighted by molar-refractivity contribution is 0.627. The molecule has 0 aliphatic carbocycles. The van der Waals surface area contributed by atoms with Gasteiger partial charge in [-0.05, 0) is 25.1 Å². The van der Waals surface area contributed by atoms with E-state index < -0.39 is 0 Å². The molecule has 0 bridgehead atoms. The number of aromatic nitrogens is 2. The zero-order valence-electron chi connectivity index (χ0n) is 9.06. The standard InChI is InChI=1S/C11H10BrFN4/c1-7-6-17(11(14)16-7)15-5-8-2-3-9(13)4-10(8)12/h2-6H,1H3,(H2,14,16). The van der Waals surface area contributed by atoms with Gasteiger partial charge in [-0.2, -0.15) is 5.10 Å². The van der Waals surface area contributed by atoms with Gasteiger partial charge in [0.15, 0.2) is 0 Å². The van der Waals surface area contributed by atoms with Crippen molar-refractivity contribution >= 4 is 28.1 Å². The lowest BCUT2D eigenvalue weighted by Gasteiger charge is -1.98. The van der Waals surface area contributed by atoms with Gasteiger partial charge in [-0.3, -0.25) is 0 Å². The first kappa shape index (κ1) is 11.8. The average Bonchev–Trinajstić information content (AvgIpc) is 2.56. The van der Waals surface area contributed by atoms with E-state index in [4.69, 9.17) is 5.73 Å². The van der Waals surface area contributed by atoms with E-state index >= 15 is 0 Å². The van der Waals surface area contributed by atoms with Crippen molar-refractivity contribution in [3.8, 4) is 0 Å². The summed E-state index contributed by atoms with van der Waals surface area (Å²) < 4.78 is 15.0. The van der Waals surface area contributed by atoms with Crippen molar-refractivity contribution in [2.75, 3.05) is 5.73 Å². The van der Waals surface area contributed by atoms with Crippen LogP contribution in [-0.2, 0) is 0 Å². The maximum Gasteiger partial charge on any atom is 0.221 e. The monoisotopic (exact) mass is 296 g/mol. The highest BCUT2D eigenvalue weighted by atomic mass is 79.9. The van der Waals surface area contributed by atoms with Crippen LogP contribution in [0.3, 0.4) is 0 Å². The Labute approximate surface area is 106 Å². The minimum atomic E-state index is -0.299. The summed E-state index contributed by atoms with van der Waals surface area (Å²) >= 11 is 3.26. The van der Waals surface area contributed by atoms with E-state index in [-0.39, 0.29) is 5.82 Å². The molecule has 1 aromatic carbocycles. The van der Waals surface area contributed by atoms with Gasteiger partial charge in [0, 0.05) is 10.0 Å². The van der Waals surface area contributed by atoms with E-state index in [2.05, 4.69) is 26.0 Å². The average molecular weight is 297 g/mol. The summed E-state index contributed by atoms with van der Waals surface area (Å²) in [6.07, 6.45) is 3.30. The molecule has 0 spiro atoms. The summed E-state index contributed by atoms with van der Waals surface area (Å²) in [7, 11) is 0. The van der Waals surface area contributed by atoms with E-state index in [1.807, 2.05) is 6.92 Å². The van der Waals surface area contributed by atoms with Crippen LogP contribution in [0.5, 0.6) is 0 Å². The summed E-state index contributed by atoms with van der Waals surface area (Å²) in [5.74, 6) is 0.0176. The lowest BCUT2D eigenvalue weighted by Crippen LogP contribution is -1.97. The van der Waals surface area contributed by atoms with Crippen LogP contribution in [0, 0.1) is 12.7 Å². The van der Waals surface area contributed by atoms with Gasteiger partial charge >= 0.3 is 0 Å². The van der Waals surface area contributed by atoms with Gasteiger partial charge in [0.2, 0.25) is 5.95 Å². The maximum absolute atomic E-state index is 12.9. The Morgan fingerprint density at radius 1 is 1.53 bits per heavy atom. The smallest absolute Gasteiger partial charge is 0.221 e. The Hall–Kier alpha value is -1.69. The molecule has 0 saturated heterocycles. The predicted molar refractivity (Wildman–Crippen MR) is 68.5 cm³/mol. The van der Waals surface area contributed by atoms with Crippen LogP contribution >= 0.6 is 15.9 Å². The molecule has 2 rings (SSSR count). The molecule has 0 aliphatic heterocycles. The molecule has 0 amide bonds. The molecule has 88 valence electrons. The van der Waals surface area contributed by atoms with Crippen LogP contribution in [0.15, 0.2) is 34.0 Å². The third kappa shape index (κ3) is 2.71. The van der Waals surface area contributed by atoms with Crippen molar-refractivity contribution in [3.05, 3.63) is 45.9 Å². The fourth-order valence-electron chi connectivity index (χ4n) is 1.33. The van der Waals surface area contributed by atoms with E-state index in [0.29, 0.717) is 10.4 Å². The zero-order chi connectivity index (χ0) is 12.4. The minimum absolute atomic E-state index is 0.299. The van der Waals surface area contributed by atoms with Crippen LogP contribution in [0.1, 0.15) is 11.3 Å². The molecule has 1 aromatic heterocycles. The molecule has 0 atom stereocenters. The molecule has 2 aromatic rings. The Kier molecular flexibility index (Phi) is 3.23. The van der Waals surface area contributed by atoms with Crippen molar-refractivity contribution in [2.45, 2.75) is 6.92 Å². The summed E-state index contributed by atoms with van der Waals surface area (Å²) in [5, 5.41) is 4.14. The molecule has 0 aliphatic rings. The van der Waals surface area contributed by atoms with Crippen LogP contribution in [0.4, 0.5) is 10.3 Å². The summed E-state index contributed by atoms with van der Waals surface area (Å²) in [6.45, 7) is 1.83. The third-order valence-electron chi connectivity index (χ3n) is 2.12. The number of hydrogen-bond acceptors (Lipinski definition) is 3. The van der Waals surface area contributed by atoms with Crippen molar-refractivity contribution in [3.63, 3.8) is 0 Å². The molecule has 17 heavy (non-hydrogen) atoms. The Balaban J connectivity index is 2.29. The molecule has 0 fully saturated rings. The number of aryl methyl sites for hydroxylation is 1. The second-order valence-electron chi connectivity index (χ2n) is 3.50. The van der Waals surface area contributed by atoms with Crippen molar-refractivity contribution in [2.24, 2.45) is 5.10 Å². The van der Waals surface area contributed by atoms with E-state index in [0.717, 1.165) is 11.3 Å². The second kappa shape index (κ2) is 4.67. The number of anilines is 1. The highest BCUT2D eigenvalue weighted by molar-refractivity contribution is 9.10. The predicted octanol–water partition coefficient (Wildman–Crippen LogP) is 2.56. The highest BCUT2D eigenvalue weighted by Gasteiger charge is 2.01. The highest BCUT2D eigenvalue weighted by Crippen LogP contribution is 2.16. The van der Waals surface area contributed by atoms with Crippen LogP contribution in [-0.4, -0.2) is 15.9 Å². The first-order valence-corrected chi connectivity index (χ1v) is 5.66. The molecule has 1 heterocycles. The fraction of sp³-hybridized carbons (Fsp3) is 0.0909. The Morgan fingerprint density at radius 2 is 2.29 bits per heavy atom. The van der Waals surface area contributed by atoms with Gasteiger partial charge in [-0.25, -0.2) is 14.1 Å². The van der Waals surface area contributed by atoms with E-state index in [9.17, 15) is 4.39 Å². The molecule has 0 saturated carbocycles. The lowest BCUT2D eigenvalue weighted by atomic mass is 10.2. The number of halogens is 2. The number of rotatable bonds is 2. The van der Waals surface area contributed by atoms with Gasteiger partial charge in [-0.1, -0.05) is 15.9 Å². The van der Waals surface area contributed by atoms with Gasteiger partial charge < -0.3 is 5.73 Å². The second-order valence-corrected chi connectivity index (χ2v) is 4.35. The molecule has 0 radical (unpaired) electrons. The normalized spacial score (nSPS) is 11.2. The number of nitrogens with zero attached hydrogens (tertiary/aromatic N) is 3. The summed E-state index contributed by atoms with van der Waals surface area (Å²) in [5.41, 5.74) is 7.18. The number of nitrogens with two attached hydrogens (primary N) is 1. The zero-order valence-corrected chi connectivity index (χ0v) is 10.6. The van der Waals surface area contributed by atoms with E-state index in [1.54, 1.807) is 18.5 Å². The van der Waals surface area contributed by atoms with E-state index in [1.165, 1.54) is 16.8 Å². The maximum atomic E-state index is 12.9. The molecular formula is C11H10BrFN4. The molecule has 4 nitrogen and oxygen atoms in total. The van der Waals surface area contributed by atoms with Crippen molar-refractivity contribution < 1.29 is 4.39 Å². The van der Waals surface area contributed by atoms with Crippen LogP contribution in [0.2, 0.25) is 0 Å². The molecule has 6 heteroatoms. The SMILES string of the molecule is Cc1cn(N=Cc2ccc(F)cc2Br)c(N)n1. The molecule has 0 unspecified atom stereocenters. The molecular weight excluding hydrogens is 287 g/mol. The van der Waals surface area contributed by atoms with Crippen molar-refractivity contribution in [1.29, 1.82) is 0 Å². The minimum Gasteiger partial charge on any atom is -0.368 e. The third-order valence-corrected chi connectivity index (χ3v) is 2.81. The topological polar surface area (TPSA) is 56.2 Å².